The van der Waals surface area contributed by atoms with Gasteiger partial charge in [-0.25, -0.2) is 0 Å². The Morgan fingerprint density at radius 1 is 1.05 bits per heavy atom. The third-order valence-corrected chi connectivity index (χ3v) is 3.60. The Bertz CT molecular complexity index is 655. The van der Waals surface area contributed by atoms with Crippen molar-refractivity contribution in [1.82, 2.24) is 0 Å². The van der Waals surface area contributed by atoms with Crippen LogP contribution in [-0.2, 0) is 18.3 Å². The van der Waals surface area contributed by atoms with Crippen LogP contribution in [-0.4, -0.2) is 5.11 Å². The van der Waals surface area contributed by atoms with Crippen molar-refractivity contribution in [2.24, 2.45) is 0 Å². The topological polar surface area (TPSA) is 20.2 Å². The van der Waals surface area contributed by atoms with Crippen LogP contribution in [0.25, 0.3) is 0 Å². The Morgan fingerprint density at radius 3 is 2.29 bits per heavy atom. The number of benzene rings is 2. The van der Waals surface area contributed by atoms with Crippen molar-refractivity contribution in [3.8, 4) is 18.1 Å². The van der Waals surface area contributed by atoms with Crippen LogP contribution in [0.5, 0.6) is 5.75 Å². The minimum absolute atomic E-state index is 0.111. The van der Waals surface area contributed by atoms with E-state index in [2.05, 4.69) is 44.9 Å². The van der Waals surface area contributed by atoms with E-state index in [1.165, 1.54) is 11.1 Å². The summed E-state index contributed by atoms with van der Waals surface area (Å²) in [5.41, 5.74) is 4.14. The van der Waals surface area contributed by atoms with Crippen molar-refractivity contribution in [3.63, 3.8) is 0 Å². The van der Waals surface area contributed by atoms with Gasteiger partial charge in [0.25, 0.3) is 0 Å². The van der Waals surface area contributed by atoms with Crippen molar-refractivity contribution in [1.29, 1.82) is 0 Å². The Kier molecular flexibility index (Phi) is 4.38. The van der Waals surface area contributed by atoms with Gasteiger partial charge in [0.05, 0.1) is 0 Å². The quantitative estimate of drug-likeness (QED) is 0.822. The lowest BCUT2D eigenvalue weighted by Crippen LogP contribution is -2.13. The molecule has 0 aromatic heterocycles. The first-order valence-corrected chi connectivity index (χ1v) is 7.24. The molecule has 2 aromatic carbocycles. The second kappa shape index (κ2) is 6.06. The predicted octanol–water partition coefficient (Wildman–Crippen LogP) is 4.46. The van der Waals surface area contributed by atoms with E-state index in [0.717, 1.165) is 17.5 Å². The van der Waals surface area contributed by atoms with Gasteiger partial charge in [-0.1, -0.05) is 63.2 Å². The van der Waals surface area contributed by atoms with Gasteiger partial charge in [0.1, 0.15) is 5.75 Å². The molecule has 2 aromatic rings. The van der Waals surface area contributed by atoms with Gasteiger partial charge in [-0.15, -0.1) is 12.3 Å². The third-order valence-electron chi connectivity index (χ3n) is 3.60. The molecule has 1 nitrogen and oxygen atoms in total. The first kappa shape index (κ1) is 15.2. The van der Waals surface area contributed by atoms with Crippen molar-refractivity contribution in [3.05, 3.63) is 64.7 Å². The van der Waals surface area contributed by atoms with Crippen LogP contribution in [0.4, 0.5) is 0 Å². The van der Waals surface area contributed by atoms with Gasteiger partial charge in [0.2, 0.25) is 0 Å². The molecule has 0 bridgehead atoms. The number of hydrogen-bond acceptors (Lipinski definition) is 1. The monoisotopic (exact) mass is 278 g/mol. The van der Waals surface area contributed by atoms with E-state index in [9.17, 15) is 5.11 Å². The molecule has 0 radical (unpaired) electrons. The van der Waals surface area contributed by atoms with E-state index in [4.69, 9.17) is 6.42 Å². The van der Waals surface area contributed by atoms with Crippen molar-refractivity contribution >= 4 is 0 Å². The summed E-state index contributed by atoms with van der Waals surface area (Å²) in [5.74, 6) is 2.98. The van der Waals surface area contributed by atoms with Crippen molar-refractivity contribution in [2.75, 3.05) is 0 Å². The number of terminal acetylenes is 1. The number of phenols is 1. The molecule has 0 atom stereocenters. The summed E-state index contributed by atoms with van der Waals surface area (Å²) in [4.78, 5) is 0. The summed E-state index contributed by atoms with van der Waals surface area (Å²) in [6.07, 6.45) is 6.73. The van der Waals surface area contributed by atoms with Gasteiger partial charge in [0, 0.05) is 12.0 Å². The fraction of sp³-hybridized carbons (Fsp3) is 0.300. The molecule has 108 valence electrons. The lowest BCUT2D eigenvalue weighted by atomic mass is 9.83. The molecular weight excluding hydrogens is 256 g/mol. The summed E-state index contributed by atoms with van der Waals surface area (Å²) in [5, 5.41) is 10.5. The molecule has 0 fully saturated rings. The summed E-state index contributed by atoms with van der Waals surface area (Å²) < 4.78 is 0. The average Bonchev–Trinajstić information content (AvgIpc) is 2.42. The minimum Gasteiger partial charge on any atom is -0.507 e. The molecule has 0 heterocycles. The van der Waals surface area contributed by atoms with Crippen LogP contribution in [0.1, 0.15) is 43.0 Å². The third kappa shape index (κ3) is 3.67. The molecule has 0 aliphatic carbocycles. The second-order valence-electron chi connectivity index (χ2n) is 6.44. The van der Waals surface area contributed by atoms with Crippen LogP contribution in [0.3, 0.4) is 0 Å². The number of hydrogen-bond donors (Lipinski definition) is 1. The summed E-state index contributed by atoms with van der Waals surface area (Å²) in [6.45, 7) is 6.32. The molecule has 0 saturated carbocycles. The van der Waals surface area contributed by atoms with Gasteiger partial charge in [-0.2, -0.15) is 0 Å². The summed E-state index contributed by atoms with van der Waals surface area (Å²) in [7, 11) is 0. The van der Waals surface area contributed by atoms with E-state index in [0.29, 0.717) is 12.2 Å². The molecular formula is C20H22O. The largest absolute Gasteiger partial charge is 0.507 e. The van der Waals surface area contributed by atoms with Crippen LogP contribution in [0.2, 0.25) is 0 Å². The SMILES string of the molecule is C#CCc1cc(Cc2ccccc2)cc(C(C)(C)C)c1O. The van der Waals surface area contributed by atoms with Gasteiger partial charge in [-0.05, 0) is 28.5 Å². The molecule has 0 amide bonds. The number of rotatable bonds is 3. The minimum atomic E-state index is -0.111. The fourth-order valence-electron chi connectivity index (χ4n) is 2.51. The van der Waals surface area contributed by atoms with Gasteiger partial charge in [-0.3, -0.25) is 0 Å². The van der Waals surface area contributed by atoms with Gasteiger partial charge < -0.3 is 5.11 Å². The zero-order valence-electron chi connectivity index (χ0n) is 13.0. The Morgan fingerprint density at radius 2 is 1.71 bits per heavy atom. The van der Waals surface area contributed by atoms with E-state index < -0.39 is 0 Å². The first-order chi connectivity index (χ1) is 9.91. The van der Waals surface area contributed by atoms with Gasteiger partial charge >= 0.3 is 0 Å². The highest BCUT2D eigenvalue weighted by Gasteiger charge is 2.21. The molecule has 0 aliphatic heterocycles. The average molecular weight is 278 g/mol. The maximum atomic E-state index is 10.5. The van der Waals surface area contributed by atoms with Crippen molar-refractivity contribution < 1.29 is 5.11 Å². The fourth-order valence-corrected chi connectivity index (χ4v) is 2.51. The highest BCUT2D eigenvalue weighted by Crippen LogP contribution is 2.35. The Hall–Kier alpha value is -2.20. The predicted molar refractivity (Wildman–Crippen MR) is 88.6 cm³/mol. The van der Waals surface area contributed by atoms with Crippen LogP contribution >= 0.6 is 0 Å². The van der Waals surface area contributed by atoms with E-state index in [1.54, 1.807) is 0 Å². The maximum absolute atomic E-state index is 10.5. The summed E-state index contributed by atoms with van der Waals surface area (Å²) in [6, 6.07) is 14.5. The second-order valence-corrected chi connectivity index (χ2v) is 6.44. The van der Waals surface area contributed by atoms with Crippen LogP contribution in [0.15, 0.2) is 42.5 Å². The van der Waals surface area contributed by atoms with Gasteiger partial charge in [0.15, 0.2) is 0 Å². The van der Waals surface area contributed by atoms with Crippen LogP contribution < -0.4 is 0 Å². The highest BCUT2D eigenvalue weighted by atomic mass is 16.3. The molecule has 0 unspecified atom stereocenters. The number of phenolic OH excluding ortho intramolecular Hbond substituents is 1. The normalized spacial score (nSPS) is 11.1. The Labute approximate surface area is 127 Å². The Balaban J connectivity index is 2.47. The molecule has 0 saturated heterocycles. The molecule has 1 heteroatoms. The van der Waals surface area contributed by atoms with E-state index in [-0.39, 0.29) is 5.41 Å². The lowest BCUT2D eigenvalue weighted by Gasteiger charge is -2.23. The van der Waals surface area contributed by atoms with E-state index >= 15 is 0 Å². The molecule has 0 aliphatic rings. The standard InChI is InChI=1S/C20H22O/c1-5-9-17-13-16(12-15-10-7-6-8-11-15)14-18(19(17)21)20(2,3)4/h1,6-8,10-11,13-14,21H,9,12H2,2-4H3. The molecule has 0 spiro atoms. The number of aromatic hydroxyl groups is 1. The van der Waals surface area contributed by atoms with Crippen LogP contribution in [0, 0.1) is 12.3 Å². The highest BCUT2D eigenvalue weighted by molar-refractivity contribution is 5.49. The zero-order valence-corrected chi connectivity index (χ0v) is 13.0. The smallest absolute Gasteiger partial charge is 0.123 e. The molecule has 2 rings (SSSR count). The molecule has 21 heavy (non-hydrogen) atoms. The summed E-state index contributed by atoms with van der Waals surface area (Å²) >= 11 is 0. The molecule has 1 N–H and O–H groups in total. The van der Waals surface area contributed by atoms with Crippen molar-refractivity contribution in [2.45, 2.75) is 39.0 Å². The first-order valence-electron chi connectivity index (χ1n) is 7.24. The van der Waals surface area contributed by atoms with E-state index in [1.807, 2.05) is 24.3 Å². The zero-order chi connectivity index (χ0) is 15.5. The lowest BCUT2D eigenvalue weighted by molar-refractivity contribution is 0.441. The maximum Gasteiger partial charge on any atom is 0.123 e.